The number of allylic oxidation sites excluding steroid dienone is 2. The van der Waals surface area contributed by atoms with Crippen LogP contribution in [0.3, 0.4) is 0 Å². The Labute approximate surface area is 108 Å². The number of benzene rings is 1. The maximum atomic E-state index is 5.90. The summed E-state index contributed by atoms with van der Waals surface area (Å²) in [6, 6.07) is 9.90. The van der Waals surface area contributed by atoms with Gasteiger partial charge < -0.3 is 14.2 Å². The summed E-state index contributed by atoms with van der Waals surface area (Å²) >= 11 is 0. The van der Waals surface area contributed by atoms with Crippen molar-refractivity contribution in [3.8, 4) is 0 Å². The molecule has 96 valence electrons. The molecule has 0 aliphatic carbocycles. The Morgan fingerprint density at radius 3 is 2.78 bits per heavy atom. The first-order valence-corrected chi connectivity index (χ1v) is 5.99. The monoisotopic (exact) mass is 246 g/mol. The van der Waals surface area contributed by atoms with Crippen LogP contribution in [0.1, 0.15) is 11.9 Å². The van der Waals surface area contributed by atoms with E-state index in [0.29, 0.717) is 6.61 Å². The largest absolute Gasteiger partial charge is 0.376 e. The number of rotatable bonds is 4. The van der Waals surface area contributed by atoms with E-state index < -0.39 is 0 Å². The van der Waals surface area contributed by atoms with Crippen LogP contribution in [0.5, 0.6) is 0 Å². The van der Waals surface area contributed by atoms with Crippen molar-refractivity contribution in [2.45, 2.75) is 18.5 Å². The molecule has 3 unspecified atom stereocenters. The van der Waals surface area contributed by atoms with E-state index in [1.54, 1.807) is 13.2 Å². The van der Waals surface area contributed by atoms with Gasteiger partial charge >= 0.3 is 0 Å². The summed E-state index contributed by atoms with van der Waals surface area (Å²) in [5, 5.41) is 0. The van der Waals surface area contributed by atoms with Gasteiger partial charge in [0.05, 0.1) is 6.61 Å². The number of ether oxygens (including phenoxy) is 3. The molecule has 0 radical (unpaired) electrons. The quantitative estimate of drug-likeness (QED) is 0.765. The summed E-state index contributed by atoms with van der Waals surface area (Å²) in [5.74, 6) is 0. The summed E-state index contributed by atoms with van der Waals surface area (Å²) in [5.41, 5.74) is 1.02. The molecule has 3 nitrogen and oxygen atoms in total. The molecule has 0 amide bonds. The highest BCUT2D eigenvalue weighted by atomic mass is 16.7. The standard InChI is InChI=1S/C15H18O3/c1-3-4-10-13-14(16-2)11-17-15(18-13)12-8-6-5-7-9-12/h3-10,13-15H,1,11H2,2H3/b10-4+. The third kappa shape index (κ3) is 3.07. The minimum atomic E-state index is -0.336. The van der Waals surface area contributed by atoms with Gasteiger partial charge in [-0.3, -0.25) is 0 Å². The van der Waals surface area contributed by atoms with E-state index in [1.165, 1.54) is 0 Å². The molecule has 0 spiro atoms. The van der Waals surface area contributed by atoms with Crippen LogP contribution < -0.4 is 0 Å². The molecule has 1 saturated heterocycles. The molecule has 1 aliphatic heterocycles. The first-order chi connectivity index (χ1) is 8.85. The van der Waals surface area contributed by atoms with Crippen molar-refractivity contribution in [2.75, 3.05) is 13.7 Å². The summed E-state index contributed by atoms with van der Waals surface area (Å²) in [4.78, 5) is 0. The number of hydrogen-bond acceptors (Lipinski definition) is 3. The fourth-order valence-electron chi connectivity index (χ4n) is 1.89. The second-order valence-corrected chi connectivity index (χ2v) is 4.07. The van der Waals surface area contributed by atoms with Gasteiger partial charge in [-0.15, -0.1) is 0 Å². The molecule has 0 N–H and O–H groups in total. The van der Waals surface area contributed by atoms with E-state index in [9.17, 15) is 0 Å². The Kier molecular flexibility index (Phi) is 4.70. The Bertz CT molecular complexity index is 399. The highest BCUT2D eigenvalue weighted by molar-refractivity contribution is 5.17. The predicted octanol–water partition coefficient (Wildman–Crippen LogP) is 2.86. The summed E-state index contributed by atoms with van der Waals surface area (Å²) in [6.07, 6.45) is 5.00. The smallest absolute Gasteiger partial charge is 0.184 e. The fraction of sp³-hybridized carbons (Fsp3) is 0.333. The second-order valence-electron chi connectivity index (χ2n) is 4.07. The zero-order chi connectivity index (χ0) is 12.8. The van der Waals surface area contributed by atoms with Crippen LogP contribution in [0.25, 0.3) is 0 Å². The van der Waals surface area contributed by atoms with Crippen LogP contribution in [0.4, 0.5) is 0 Å². The zero-order valence-electron chi connectivity index (χ0n) is 10.5. The lowest BCUT2D eigenvalue weighted by molar-refractivity contribution is -0.248. The summed E-state index contributed by atoms with van der Waals surface area (Å²) < 4.78 is 16.9. The van der Waals surface area contributed by atoms with Gasteiger partial charge in [0, 0.05) is 12.7 Å². The molecule has 1 aromatic carbocycles. The topological polar surface area (TPSA) is 27.7 Å². The Morgan fingerprint density at radius 2 is 2.11 bits per heavy atom. The maximum absolute atomic E-state index is 5.90. The van der Waals surface area contributed by atoms with Gasteiger partial charge in [0.15, 0.2) is 6.29 Å². The lowest BCUT2D eigenvalue weighted by Crippen LogP contribution is -2.40. The molecule has 0 bridgehead atoms. The van der Waals surface area contributed by atoms with Crippen molar-refractivity contribution < 1.29 is 14.2 Å². The first-order valence-electron chi connectivity index (χ1n) is 5.99. The van der Waals surface area contributed by atoms with Crippen molar-refractivity contribution in [1.29, 1.82) is 0 Å². The molecular formula is C15H18O3. The number of methoxy groups -OCH3 is 1. The minimum absolute atomic E-state index is 0.0823. The molecule has 3 heteroatoms. The van der Waals surface area contributed by atoms with Gasteiger partial charge in [0.2, 0.25) is 0 Å². The van der Waals surface area contributed by atoms with E-state index in [0.717, 1.165) is 5.56 Å². The molecule has 1 aromatic rings. The second kappa shape index (κ2) is 6.50. The SMILES string of the molecule is C=C/C=C/C1OC(c2ccccc2)OCC1OC. The Balaban J connectivity index is 2.09. The van der Waals surface area contributed by atoms with Crippen molar-refractivity contribution in [2.24, 2.45) is 0 Å². The molecule has 1 aliphatic rings. The van der Waals surface area contributed by atoms with Crippen molar-refractivity contribution in [3.05, 3.63) is 60.7 Å². The number of hydrogen-bond donors (Lipinski definition) is 0. The normalized spacial score (nSPS) is 28.4. The molecule has 2 rings (SSSR count). The van der Waals surface area contributed by atoms with Crippen LogP contribution in [0.15, 0.2) is 55.1 Å². The molecule has 1 fully saturated rings. The first kappa shape index (κ1) is 13.0. The van der Waals surface area contributed by atoms with Gasteiger partial charge in [-0.2, -0.15) is 0 Å². The molecule has 0 aromatic heterocycles. The van der Waals surface area contributed by atoms with Crippen molar-refractivity contribution >= 4 is 0 Å². The van der Waals surface area contributed by atoms with E-state index in [2.05, 4.69) is 6.58 Å². The van der Waals surface area contributed by atoms with Crippen molar-refractivity contribution in [3.63, 3.8) is 0 Å². The highest BCUT2D eigenvalue weighted by Gasteiger charge is 2.30. The molecule has 1 heterocycles. The van der Waals surface area contributed by atoms with E-state index in [4.69, 9.17) is 14.2 Å². The third-order valence-corrected chi connectivity index (χ3v) is 2.87. The summed E-state index contributed by atoms with van der Waals surface area (Å²) in [7, 11) is 1.66. The van der Waals surface area contributed by atoms with Gasteiger partial charge in [-0.1, -0.05) is 55.1 Å². The zero-order valence-corrected chi connectivity index (χ0v) is 10.5. The van der Waals surface area contributed by atoms with Crippen LogP contribution >= 0.6 is 0 Å². The van der Waals surface area contributed by atoms with E-state index >= 15 is 0 Å². The average Bonchev–Trinajstić information content (AvgIpc) is 2.45. The van der Waals surface area contributed by atoms with Gasteiger partial charge in [-0.25, -0.2) is 0 Å². The Hall–Kier alpha value is -1.42. The van der Waals surface area contributed by atoms with Gasteiger partial charge in [0.1, 0.15) is 12.2 Å². The predicted molar refractivity (Wildman–Crippen MR) is 70.1 cm³/mol. The van der Waals surface area contributed by atoms with Crippen molar-refractivity contribution in [1.82, 2.24) is 0 Å². The molecule has 18 heavy (non-hydrogen) atoms. The maximum Gasteiger partial charge on any atom is 0.184 e. The third-order valence-electron chi connectivity index (χ3n) is 2.87. The minimum Gasteiger partial charge on any atom is -0.376 e. The molecule has 0 saturated carbocycles. The lowest BCUT2D eigenvalue weighted by atomic mass is 10.1. The Morgan fingerprint density at radius 1 is 1.33 bits per heavy atom. The van der Waals surface area contributed by atoms with E-state index in [1.807, 2.05) is 42.5 Å². The van der Waals surface area contributed by atoms with Crippen LogP contribution in [0, 0.1) is 0 Å². The van der Waals surface area contributed by atoms with Gasteiger partial charge in [0.25, 0.3) is 0 Å². The van der Waals surface area contributed by atoms with Crippen LogP contribution in [-0.2, 0) is 14.2 Å². The van der Waals surface area contributed by atoms with Gasteiger partial charge in [-0.05, 0) is 0 Å². The lowest BCUT2D eigenvalue weighted by Gasteiger charge is -2.34. The fourth-order valence-corrected chi connectivity index (χ4v) is 1.89. The molecule has 3 atom stereocenters. The molecular weight excluding hydrogens is 228 g/mol. The highest BCUT2D eigenvalue weighted by Crippen LogP contribution is 2.27. The average molecular weight is 246 g/mol. The summed E-state index contributed by atoms with van der Waals surface area (Å²) in [6.45, 7) is 4.17. The van der Waals surface area contributed by atoms with E-state index in [-0.39, 0.29) is 18.5 Å². The van der Waals surface area contributed by atoms with Crippen LogP contribution in [0.2, 0.25) is 0 Å². The van der Waals surface area contributed by atoms with Crippen LogP contribution in [-0.4, -0.2) is 25.9 Å².